The number of hydrogen-bond acceptors (Lipinski definition) is 2. The number of H-pyrrole nitrogens is 1. The maximum Gasteiger partial charge on any atom is 0.259 e. The van der Waals surface area contributed by atoms with Crippen LogP contribution in [-0.2, 0) is 0 Å². The molecular weight excluding hydrogens is 307 g/mol. The molecule has 3 aromatic rings. The highest BCUT2D eigenvalue weighted by Crippen LogP contribution is 2.31. The van der Waals surface area contributed by atoms with Gasteiger partial charge < -0.3 is 4.98 Å². The lowest BCUT2D eigenvalue weighted by molar-refractivity contribution is 0.101. The van der Waals surface area contributed by atoms with Gasteiger partial charge in [-0.05, 0) is 42.8 Å². The van der Waals surface area contributed by atoms with Gasteiger partial charge in [0, 0.05) is 16.5 Å². The first-order valence-corrected chi connectivity index (χ1v) is 6.70. The SMILES string of the molecule is CC(=O)c1c(-c2ccc(F)c(F)c2)c2cc(F)ccc2[nH]c1=O. The zero-order valence-electron chi connectivity index (χ0n) is 11.9. The number of fused-ring (bicyclic) bond motifs is 1. The molecule has 2 aromatic carbocycles. The highest BCUT2D eigenvalue weighted by Gasteiger charge is 2.19. The molecule has 0 unspecified atom stereocenters. The van der Waals surface area contributed by atoms with Crippen LogP contribution in [0.4, 0.5) is 13.2 Å². The van der Waals surface area contributed by atoms with Gasteiger partial charge in [-0.3, -0.25) is 9.59 Å². The topological polar surface area (TPSA) is 49.9 Å². The van der Waals surface area contributed by atoms with E-state index in [0.29, 0.717) is 5.52 Å². The number of carbonyl (C=O) groups excluding carboxylic acids is 1. The van der Waals surface area contributed by atoms with Gasteiger partial charge in [-0.25, -0.2) is 13.2 Å². The summed E-state index contributed by atoms with van der Waals surface area (Å²) in [6.07, 6.45) is 0. The molecule has 116 valence electrons. The van der Waals surface area contributed by atoms with Gasteiger partial charge in [0.15, 0.2) is 17.4 Å². The summed E-state index contributed by atoms with van der Waals surface area (Å²) in [5.74, 6) is -3.32. The third-order valence-electron chi connectivity index (χ3n) is 3.54. The van der Waals surface area contributed by atoms with Crippen molar-refractivity contribution in [3.05, 3.63) is 69.8 Å². The monoisotopic (exact) mass is 317 g/mol. The van der Waals surface area contributed by atoms with Crippen molar-refractivity contribution in [2.75, 3.05) is 0 Å². The summed E-state index contributed by atoms with van der Waals surface area (Å²) in [5, 5.41) is 0.237. The van der Waals surface area contributed by atoms with Crippen LogP contribution >= 0.6 is 0 Å². The van der Waals surface area contributed by atoms with Crippen LogP contribution < -0.4 is 5.56 Å². The lowest BCUT2D eigenvalue weighted by atomic mass is 9.94. The molecule has 1 N–H and O–H groups in total. The number of Topliss-reactive ketones (excluding diaryl/α,β-unsaturated/α-hetero) is 1. The van der Waals surface area contributed by atoms with Crippen molar-refractivity contribution in [2.45, 2.75) is 6.92 Å². The van der Waals surface area contributed by atoms with Gasteiger partial charge in [0.25, 0.3) is 5.56 Å². The number of carbonyl (C=O) groups is 1. The fraction of sp³-hybridized carbons (Fsp3) is 0.0588. The average Bonchev–Trinajstić information content (AvgIpc) is 2.49. The summed E-state index contributed by atoms with van der Waals surface area (Å²) in [6, 6.07) is 6.64. The van der Waals surface area contributed by atoms with Crippen LogP contribution in [0.15, 0.2) is 41.2 Å². The smallest absolute Gasteiger partial charge is 0.259 e. The van der Waals surface area contributed by atoms with Gasteiger partial charge in [-0.15, -0.1) is 0 Å². The van der Waals surface area contributed by atoms with E-state index < -0.39 is 28.8 Å². The lowest BCUT2D eigenvalue weighted by Gasteiger charge is -2.11. The number of pyridine rings is 1. The minimum atomic E-state index is -1.12. The molecule has 3 nitrogen and oxygen atoms in total. The second kappa shape index (κ2) is 5.39. The molecule has 6 heteroatoms. The van der Waals surface area contributed by atoms with E-state index in [-0.39, 0.29) is 22.1 Å². The van der Waals surface area contributed by atoms with Crippen LogP contribution in [0.25, 0.3) is 22.0 Å². The van der Waals surface area contributed by atoms with E-state index in [1.54, 1.807) is 0 Å². The maximum absolute atomic E-state index is 13.6. The number of aromatic nitrogens is 1. The Morgan fingerprint density at radius 3 is 2.39 bits per heavy atom. The molecule has 23 heavy (non-hydrogen) atoms. The Balaban J connectivity index is 2.51. The predicted octanol–water partition coefficient (Wildman–Crippen LogP) is 3.82. The Bertz CT molecular complexity index is 1010. The molecule has 1 heterocycles. The van der Waals surface area contributed by atoms with E-state index in [1.165, 1.54) is 19.1 Å². The summed E-state index contributed by atoms with van der Waals surface area (Å²) >= 11 is 0. The van der Waals surface area contributed by atoms with Crippen molar-refractivity contribution >= 4 is 16.7 Å². The Morgan fingerprint density at radius 2 is 1.74 bits per heavy atom. The fourth-order valence-electron chi connectivity index (χ4n) is 2.55. The zero-order chi connectivity index (χ0) is 16.7. The number of halogens is 3. The molecule has 0 fully saturated rings. The van der Waals surface area contributed by atoms with Crippen LogP contribution in [0.2, 0.25) is 0 Å². The number of aromatic amines is 1. The van der Waals surface area contributed by atoms with Crippen molar-refractivity contribution in [3.63, 3.8) is 0 Å². The number of ketones is 1. The molecule has 0 aliphatic carbocycles. The highest BCUT2D eigenvalue weighted by atomic mass is 19.2. The van der Waals surface area contributed by atoms with E-state index in [2.05, 4.69) is 4.98 Å². The Morgan fingerprint density at radius 1 is 1.00 bits per heavy atom. The fourth-order valence-corrected chi connectivity index (χ4v) is 2.55. The van der Waals surface area contributed by atoms with Crippen LogP contribution in [-0.4, -0.2) is 10.8 Å². The van der Waals surface area contributed by atoms with Crippen LogP contribution in [0.3, 0.4) is 0 Å². The number of rotatable bonds is 2. The molecule has 0 aliphatic rings. The third kappa shape index (κ3) is 2.52. The van der Waals surface area contributed by atoms with E-state index in [9.17, 15) is 22.8 Å². The van der Waals surface area contributed by atoms with E-state index in [4.69, 9.17) is 0 Å². The largest absolute Gasteiger partial charge is 0.321 e. The quantitative estimate of drug-likeness (QED) is 0.731. The summed E-state index contributed by atoms with van der Waals surface area (Å²) in [4.78, 5) is 26.5. The normalized spacial score (nSPS) is 11.0. The van der Waals surface area contributed by atoms with Gasteiger partial charge in [-0.1, -0.05) is 6.07 Å². The molecule has 0 spiro atoms. The summed E-state index contributed by atoms with van der Waals surface area (Å²) in [6.45, 7) is 1.18. The predicted molar refractivity (Wildman–Crippen MR) is 79.9 cm³/mol. The first-order valence-electron chi connectivity index (χ1n) is 6.70. The Labute approximate surface area is 128 Å². The Hall–Kier alpha value is -2.89. The highest BCUT2D eigenvalue weighted by molar-refractivity contribution is 6.08. The number of nitrogens with one attached hydrogen (secondary N) is 1. The van der Waals surface area contributed by atoms with Gasteiger partial charge in [0.05, 0.1) is 5.56 Å². The van der Waals surface area contributed by atoms with E-state index >= 15 is 0 Å². The molecule has 0 bridgehead atoms. The molecule has 0 amide bonds. The molecule has 0 aliphatic heterocycles. The van der Waals surface area contributed by atoms with Gasteiger partial charge in [-0.2, -0.15) is 0 Å². The second-order valence-corrected chi connectivity index (χ2v) is 5.08. The molecule has 0 atom stereocenters. The standard InChI is InChI=1S/C17H10F3NO2/c1-8(22)15-16(9-2-4-12(19)13(20)6-9)11-7-10(18)3-5-14(11)21-17(15)23/h2-7H,1H3,(H,21,23). The minimum Gasteiger partial charge on any atom is -0.321 e. The van der Waals surface area contributed by atoms with Crippen LogP contribution in [0.1, 0.15) is 17.3 Å². The number of hydrogen-bond donors (Lipinski definition) is 1. The van der Waals surface area contributed by atoms with E-state index in [1.807, 2.05) is 0 Å². The first kappa shape index (κ1) is 15.0. The van der Waals surface area contributed by atoms with Crippen molar-refractivity contribution < 1.29 is 18.0 Å². The molecule has 0 saturated carbocycles. The second-order valence-electron chi connectivity index (χ2n) is 5.08. The van der Waals surface area contributed by atoms with Crippen LogP contribution in [0.5, 0.6) is 0 Å². The zero-order valence-corrected chi connectivity index (χ0v) is 11.9. The maximum atomic E-state index is 13.6. The van der Waals surface area contributed by atoms with Crippen molar-refractivity contribution in [1.82, 2.24) is 4.98 Å². The van der Waals surface area contributed by atoms with Crippen molar-refractivity contribution in [3.8, 4) is 11.1 Å². The third-order valence-corrected chi connectivity index (χ3v) is 3.54. The first-order chi connectivity index (χ1) is 10.9. The summed E-state index contributed by atoms with van der Waals surface area (Å²) < 4.78 is 40.3. The molecule has 3 rings (SSSR count). The van der Waals surface area contributed by atoms with Gasteiger partial charge in [0.2, 0.25) is 0 Å². The van der Waals surface area contributed by atoms with E-state index in [0.717, 1.165) is 24.3 Å². The average molecular weight is 317 g/mol. The van der Waals surface area contributed by atoms with Crippen molar-refractivity contribution in [2.24, 2.45) is 0 Å². The lowest BCUT2D eigenvalue weighted by Crippen LogP contribution is -2.18. The van der Waals surface area contributed by atoms with Crippen molar-refractivity contribution in [1.29, 1.82) is 0 Å². The molecule has 0 saturated heterocycles. The molecule has 1 aromatic heterocycles. The van der Waals surface area contributed by atoms with Crippen LogP contribution in [0, 0.1) is 17.5 Å². The minimum absolute atomic E-state index is 0.0784. The Kier molecular flexibility index (Phi) is 3.52. The number of benzene rings is 2. The van der Waals surface area contributed by atoms with Gasteiger partial charge in [0.1, 0.15) is 5.82 Å². The summed E-state index contributed by atoms with van der Waals surface area (Å²) in [5.41, 5.74) is -0.406. The molecular formula is C17H10F3NO2. The van der Waals surface area contributed by atoms with Gasteiger partial charge >= 0.3 is 0 Å². The molecule has 0 radical (unpaired) electrons. The summed E-state index contributed by atoms with van der Waals surface area (Å²) in [7, 11) is 0.